The molecule has 0 aromatic rings. The summed E-state index contributed by atoms with van der Waals surface area (Å²) >= 11 is 6.64. The van der Waals surface area contributed by atoms with Crippen molar-refractivity contribution in [2.24, 2.45) is 0 Å². The minimum absolute atomic E-state index is 0.0231. The van der Waals surface area contributed by atoms with Gasteiger partial charge in [0, 0.05) is 13.3 Å². The van der Waals surface area contributed by atoms with Crippen molar-refractivity contribution in [2.75, 3.05) is 0 Å². The predicted octanol–water partition coefficient (Wildman–Crippen LogP) is 1.81. The molecule has 1 rings (SSSR count). The molecule has 1 aliphatic rings. The van der Waals surface area contributed by atoms with E-state index in [1.807, 2.05) is 0 Å². The van der Waals surface area contributed by atoms with Gasteiger partial charge in [0.25, 0.3) is 0 Å². The summed E-state index contributed by atoms with van der Waals surface area (Å²) in [6, 6.07) is 0. The second-order valence-electron chi connectivity index (χ2n) is 2.06. The highest BCUT2D eigenvalue weighted by Crippen LogP contribution is 2.52. The summed E-state index contributed by atoms with van der Waals surface area (Å²) in [6.45, 7) is 1.41. The highest BCUT2D eigenvalue weighted by atomic mass is 79.9. The minimum Gasteiger partial charge on any atom is -0.460 e. The molecule has 9 heavy (non-hydrogen) atoms. The lowest BCUT2D eigenvalue weighted by atomic mass is 10.7. The molecule has 0 bridgehead atoms. The first kappa shape index (κ1) is 7.54. The Hall–Kier alpha value is 0.430. The lowest BCUT2D eigenvalue weighted by molar-refractivity contribution is -0.142. The van der Waals surface area contributed by atoms with Crippen LogP contribution in [0.15, 0.2) is 0 Å². The first-order valence-corrected chi connectivity index (χ1v) is 4.16. The van der Waals surface area contributed by atoms with Crippen molar-refractivity contribution in [3.63, 3.8) is 0 Å². The molecule has 0 heterocycles. The monoisotopic (exact) mass is 256 g/mol. The van der Waals surface area contributed by atoms with Gasteiger partial charge in [0.05, 0.1) is 0 Å². The molecular weight excluding hydrogens is 252 g/mol. The number of hydrogen-bond donors (Lipinski definition) is 0. The first-order valence-electron chi connectivity index (χ1n) is 2.57. The molecule has 52 valence electrons. The van der Waals surface area contributed by atoms with Crippen LogP contribution in [0.3, 0.4) is 0 Å². The Bertz CT molecular complexity index is 144. The van der Waals surface area contributed by atoms with Crippen LogP contribution >= 0.6 is 31.9 Å². The van der Waals surface area contributed by atoms with E-state index in [0.717, 1.165) is 6.42 Å². The summed E-state index contributed by atoms with van der Waals surface area (Å²) in [4.78, 5) is 10.3. The zero-order valence-corrected chi connectivity index (χ0v) is 8.03. The Kier molecular flexibility index (Phi) is 1.87. The van der Waals surface area contributed by atoms with Crippen LogP contribution in [0.2, 0.25) is 0 Å². The van der Waals surface area contributed by atoms with E-state index in [1.54, 1.807) is 0 Å². The molecule has 0 amide bonds. The van der Waals surface area contributed by atoms with Crippen LogP contribution in [0.1, 0.15) is 13.3 Å². The van der Waals surface area contributed by atoms with E-state index in [1.165, 1.54) is 6.92 Å². The van der Waals surface area contributed by atoms with Crippen molar-refractivity contribution < 1.29 is 9.53 Å². The van der Waals surface area contributed by atoms with Crippen LogP contribution < -0.4 is 0 Å². The summed E-state index contributed by atoms with van der Waals surface area (Å²) in [7, 11) is 0. The third-order valence-corrected chi connectivity index (χ3v) is 2.75. The number of esters is 1. The van der Waals surface area contributed by atoms with E-state index in [-0.39, 0.29) is 15.3 Å². The van der Waals surface area contributed by atoms with Crippen molar-refractivity contribution >= 4 is 37.8 Å². The van der Waals surface area contributed by atoms with Gasteiger partial charge in [-0.1, -0.05) is 31.9 Å². The largest absolute Gasteiger partial charge is 0.460 e. The average Bonchev–Trinajstić information content (AvgIpc) is 2.10. The van der Waals surface area contributed by atoms with Gasteiger partial charge in [-0.05, 0) is 0 Å². The molecule has 1 unspecified atom stereocenters. The third-order valence-electron chi connectivity index (χ3n) is 1.08. The summed E-state index contributed by atoms with van der Waals surface area (Å²) in [5, 5.41) is 0. The van der Waals surface area contributed by atoms with Crippen molar-refractivity contribution in [3.05, 3.63) is 0 Å². The molecule has 1 saturated carbocycles. The fraction of sp³-hybridized carbons (Fsp3) is 0.800. The molecule has 0 aromatic heterocycles. The maximum Gasteiger partial charge on any atom is 0.302 e. The number of ether oxygens (including phenoxy) is 1. The summed E-state index contributed by atoms with van der Waals surface area (Å²) in [5.41, 5.74) is 0. The van der Waals surface area contributed by atoms with Crippen LogP contribution in [0.4, 0.5) is 0 Å². The average molecular weight is 258 g/mol. The van der Waals surface area contributed by atoms with Gasteiger partial charge in [0.15, 0.2) is 0 Å². The Balaban J connectivity index is 2.28. The topological polar surface area (TPSA) is 26.3 Å². The normalized spacial score (nSPS) is 29.4. The summed E-state index contributed by atoms with van der Waals surface area (Å²) < 4.78 is 4.72. The quantitative estimate of drug-likeness (QED) is 0.529. The molecule has 0 saturated heterocycles. The zero-order chi connectivity index (χ0) is 7.07. The van der Waals surface area contributed by atoms with E-state index in [9.17, 15) is 4.79 Å². The van der Waals surface area contributed by atoms with Gasteiger partial charge in [-0.15, -0.1) is 0 Å². The van der Waals surface area contributed by atoms with E-state index in [0.29, 0.717) is 0 Å². The van der Waals surface area contributed by atoms with Crippen LogP contribution in [0.5, 0.6) is 0 Å². The fourth-order valence-corrected chi connectivity index (χ4v) is 1.29. The molecule has 0 aliphatic heterocycles. The van der Waals surface area contributed by atoms with Gasteiger partial charge in [-0.3, -0.25) is 4.79 Å². The Morgan fingerprint density at radius 2 is 2.22 bits per heavy atom. The molecule has 0 N–H and O–H groups in total. The van der Waals surface area contributed by atoms with Crippen molar-refractivity contribution in [1.82, 2.24) is 0 Å². The molecule has 2 nitrogen and oxygen atoms in total. The highest BCUT2D eigenvalue weighted by Gasteiger charge is 2.53. The Morgan fingerprint density at radius 3 is 2.33 bits per heavy atom. The number of rotatable bonds is 1. The van der Waals surface area contributed by atoms with Gasteiger partial charge in [0.2, 0.25) is 0 Å². The van der Waals surface area contributed by atoms with Crippen LogP contribution in [0.25, 0.3) is 0 Å². The number of halogens is 2. The summed E-state index contributed by atoms with van der Waals surface area (Å²) in [6.07, 6.45) is 0.877. The van der Waals surface area contributed by atoms with Gasteiger partial charge >= 0.3 is 5.97 Å². The molecule has 1 aliphatic carbocycles. The maximum absolute atomic E-state index is 10.3. The van der Waals surface area contributed by atoms with E-state index in [4.69, 9.17) is 4.74 Å². The van der Waals surface area contributed by atoms with Gasteiger partial charge in [-0.25, -0.2) is 0 Å². The maximum atomic E-state index is 10.3. The lowest BCUT2D eigenvalue weighted by Crippen LogP contribution is -2.05. The molecule has 0 radical (unpaired) electrons. The smallest absolute Gasteiger partial charge is 0.302 e. The molecule has 1 fully saturated rings. The van der Waals surface area contributed by atoms with E-state index in [2.05, 4.69) is 31.9 Å². The lowest BCUT2D eigenvalue weighted by Gasteiger charge is -1.98. The predicted molar refractivity (Wildman–Crippen MR) is 40.8 cm³/mol. The zero-order valence-electron chi connectivity index (χ0n) is 4.86. The van der Waals surface area contributed by atoms with Crippen molar-refractivity contribution in [3.8, 4) is 0 Å². The minimum atomic E-state index is -0.222. The second-order valence-corrected chi connectivity index (χ2v) is 5.96. The van der Waals surface area contributed by atoms with Gasteiger partial charge in [0.1, 0.15) is 9.34 Å². The second kappa shape index (κ2) is 2.23. The van der Waals surface area contributed by atoms with E-state index >= 15 is 0 Å². The van der Waals surface area contributed by atoms with E-state index < -0.39 is 0 Å². The number of carbonyl (C=O) groups excluding carboxylic acids is 1. The van der Waals surface area contributed by atoms with Crippen LogP contribution in [0, 0.1) is 0 Å². The fourth-order valence-electron chi connectivity index (χ4n) is 0.516. The summed E-state index contributed by atoms with van der Waals surface area (Å²) in [5.74, 6) is -0.222. The molecule has 0 aromatic carbocycles. The number of carbonyl (C=O) groups is 1. The highest BCUT2D eigenvalue weighted by molar-refractivity contribution is 9.25. The molecular formula is C5H6Br2O2. The Morgan fingerprint density at radius 1 is 1.78 bits per heavy atom. The first-order chi connectivity index (χ1) is 4.02. The SMILES string of the molecule is CC(=O)OC1CC1(Br)Br. The third kappa shape index (κ3) is 1.93. The number of alkyl halides is 2. The van der Waals surface area contributed by atoms with Crippen molar-refractivity contribution in [1.29, 1.82) is 0 Å². The van der Waals surface area contributed by atoms with Crippen LogP contribution in [-0.4, -0.2) is 15.3 Å². The van der Waals surface area contributed by atoms with Crippen molar-refractivity contribution in [2.45, 2.75) is 22.7 Å². The number of hydrogen-bond acceptors (Lipinski definition) is 2. The Labute approximate surface area is 70.2 Å². The molecule has 4 heteroatoms. The van der Waals surface area contributed by atoms with Gasteiger partial charge < -0.3 is 4.74 Å². The van der Waals surface area contributed by atoms with Crippen LogP contribution in [-0.2, 0) is 9.53 Å². The standard InChI is InChI=1S/C5H6Br2O2/c1-3(8)9-4-2-5(4,6)7/h4H,2H2,1H3. The molecule has 1 atom stereocenters. The van der Waals surface area contributed by atoms with Gasteiger partial charge in [-0.2, -0.15) is 0 Å². The molecule has 0 spiro atoms.